The average Bonchev–Trinajstić information content (AvgIpc) is 2.82. The molecule has 0 amide bonds. The Hall–Kier alpha value is -1.16. The first kappa shape index (κ1) is 13.3. The summed E-state index contributed by atoms with van der Waals surface area (Å²) < 4.78 is 31.6. The molecule has 0 aromatic heterocycles. The van der Waals surface area contributed by atoms with E-state index in [1.54, 1.807) is 0 Å². The lowest BCUT2D eigenvalue weighted by Crippen LogP contribution is -2.29. The summed E-state index contributed by atoms with van der Waals surface area (Å²) in [6.07, 6.45) is 4.47. The molecule has 1 fully saturated rings. The van der Waals surface area contributed by atoms with Gasteiger partial charge in [-0.3, -0.25) is 0 Å². The Labute approximate surface area is 106 Å². The Kier molecular flexibility index (Phi) is 4.53. The second-order valence-electron chi connectivity index (χ2n) is 4.78. The van der Waals surface area contributed by atoms with Crippen molar-refractivity contribution in [1.82, 2.24) is 5.32 Å². The normalized spacial score (nSPS) is 23.3. The van der Waals surface area contributed by atoms with Gasteiger partial charge in [-0.25, -0.2) is 4.39 Å². The Balaban J connectivity index is 1.83. The quantitative estimate of drug-likeness (QED) is 0.872. The maximum atomic E-state index is 13.3. The molecule has 1 aliphatic carbocycles. The van der Waals surface area contributed by atoms with Crippen molar-refractivity contribution < 1.29 is 13.5 Å². The number of ether oxygens (including phenoxy) is 1. The lowest BCUT2D eigenvalue weighted by atomic mass is 10.0. The molecule has 0 saturated heterocycles. The van der Waals surface area contributed by atoms with Gasteiger partial charge >= 0.3 is 0 Å². The van der Waals surface area contributed by atoms with Crippen molar-refractivity contribution in [3.63, 3.8) is 0 Å². The van der Waals surface area contributed by atoms with Gasteiger partial charge < -0.3 is 10.1 Å². The highest BCUT2D eigenvalue weighted by atomic mass is 19.2. The molecule has 0 heterocycles. The molecular weight excluding hydrogens is 236 g/mol. The molecule has 2 nitrogen and oxygen atoms in total. The molecule has 2 rings (SSSR count). The second kappa shape index (κ2) is 6.14. The van der Waals surface area contributed by atoms with Gasteiger partial charge in [0.05, 0.1) is 6.61 Å². The highest BCUT2D eigenvalue weighted by Gasteiger charge is 2.25. The first-order chi connectivity index (χ1) is 8.72. The first-order valence-electron chi connectivity index (χ1n) is 6.46. The van der Waals surface area contributed by atoms with Crippen molar-refractivity contribution in [2.45, 2.75) is 31.7 Å². The minimum Gasteiger partial charge on any atom is -0.490 e. The van der Waals surface area contributed by atoms with E-state index in [1.807, 2.05) is 7.05 Å². The van der Waals surface area contributed by atoms with Crippen LogP contribution in [-0.2, 0) is 0 Å². The van der Waals surface area contributed by atoms with E-state index in [2.05, 4.69) is 5.32 Å². The summed E-state index contributed by atoms with van der Waals surface area (Å²) >= 11 is 0. The van der Waals surface area contributed by atoms with Crippen molar-refractivity contribution in [1.29, 1.82) is 0 Å². The fourth-order valence-electron chi connectivity index (χ4n) is 2.68. The molecule has 0 radical (unpaired) electrons. The van der Waals surface area contributed by atoms with E-state index >= 15 is 0 Å². The molecule has 1 aliphatic rings. The van der Waals surface area contributed by atoms with Gasteiger partial charge in [0.15, 0.2) is 11.6 Å². The molecule has 2 unspecified atom stereocenters. The summed E-state index contributed by atoms with van der Waals surface area (Å²) in [6.45, 7) is 0.434. The van der Waals surface area contributed by atoms with E-state index in [-0.39, 0.29) is 5.75 Å². The predicted octanol–water partition coefficient (Wildman–Crippen LogP) is 3.12. The van der Waals surface area contributed by atoms with Crippen molar-refractivity contribution in [3.8, 4) is 5.75 Å². The lowest BCUT2D eigenvalue weighted by molar-refractivity contribution is 0.251. The summed E-state index contributed by atoms with van der Waals surface area (Å²) in [5, 5.41) is 3.29. The zero-order valence-corrected chi connectivity index (χ0v) is 10.6. The Morgan fingerprint density at radius 2 is 2.17 bits per heavy atom. The van der Waals surface area contributed by atoms with Crippen molar-refractivity contribution in [2.24, 2.45) is 5.92 Å². The van der Waals surface area contributed by atoms with Crippen LogP contribution in [0.25, 0.3) is 0 Å². The molecule has 2 atom stereocenters. The van der Waals surface area contributed by atoms with Crippen molar-refractivity contribution >= 4 is 0 Å². The van der Waals surface area contributed by atoms with Gasteiger partial charge in [0.25, 0.3) is 0 Å². The standard InChI is InChI=1S/C14H19F2NO/c1-17-12-6-2-4-10(12)8-9-18-13-7-3-5-11(15)14(13)16/h3,5,7,10,12,17H,2,4,6,8-9H2,1H3. The molecule has 0 spiro atoms. The van der Waals surface area contributed by atoms with Gasteiger partial charge in [-0.1, -0.05) is 12.5 Å². The van der Waals surface area contributed by atoms with Gasteiger partial charge in [-0.2, -0.15) is 4.39 Å². The molecular formula is C14H19F2NO. The van der Waals surface area contributed by atoms with Crippen LogP contribution in [0, 0.1) is 17.6 Å². The Bertz CT molecular complexity index is 397. The molecule has 100 valence electrons. The molecule has 1 saturated carbocycles. The summed E-state index contributed by atoms with van der Waals surface area (Å²) in [5.74, 6) is -1.17. The van der Waals surface area contributed by atoms with E-state index in [4.69, 9.17) is 4.74 Å². The van der Waals surface area contributed by atoms with Crippen molar-refractivity contribution in [2.75, 3.05) is 13.7 Å². The van der Waals surface area contributed by atoms with Crippen LogP contribution < -0.4 is 10.1 Å². The number of hydrogen-bond acceptors (Lipinski definition) is 2. The number of halogens is 2. The van der Waals surface area contributed by atoms with Gasteiger partial charge in [0.1, 0.15) is 0 Å². The van der Waals surface area contributed by atoms with Crippen LogP contribution in [0.4, 0.5) is 8.78 Å². The topological polar surface area (TPSA) is 21.3 Å². The summed E-state index contributed by atoms with van der Waals surface area (Å²) in [6, 6.07) is 4.55. The first-order valence-corrected chi connectivity index (χ1v) is 6.46. The highest BCUT2D eigenvalue weighted by molar-refractivity contribution is 5.24. The summed E-state index contributed by atoms with van der Waals surface area (Å²) in [4.78, 5) is 0. The van der Waals surface area contributed by atoms with Crippen molar-refractivity contribution in [3.05, 3.63) is 29.8 Å². The second-order valence-corrected chi connectivity index (χ2v) is 4.78. The van der Waals surface area contributed by atoms with Crippen LogP contribution in [0.2, 0.25) is 0 Å². The number of rotatable bonds is 5. The fraction of sp³-hybridized carbons (Fsp3) is 0.571. The van der Waals surface area contributed by atoms with E-state index in [1.165, 1.54) is 31.4 Å². The van der Waals surface area contributed by atoms with Gasteiger partial charge in [0.2, 0.25) is 5.82 Å². The molecule has 0 bridgehead atoms. The van der Waals surface area contributed by atoms with Crippen LogP contribution in [0.15, 0.2) is 18.2 Å². The third-order valence-electron chi connectivity index (χ3n) is 3.69. The minimum atomic E-state index is -0.894. The molecule has 18 heavy (non-hydrogen) atoms. The number of benzene rings is 1. The van der Waals surface area contributed by atoms with Crippen LogP contribution in [0.3, 0.4) is 0 Å². The third-order valence-corrected chi connectivity index (χ3v) is 3.69. The highest BCUT2D eigenvalue weighted by Crippen LogP contribution is 2.28. The maximum absolute atomic E-state index is 13.3. The predicted molar refractivity (Wildman–Crippen MR) is 66.7 cm³/mol. The molecule has 1 aromatic rings. The van der Waals surface area contributed by atoms with E-state index in [0.717, 1.165) is 12.5 Å². The zero-order chi connectivity index (χ0) is 13.0. The largest absolute Gasteiger partial charge is 0.490 e. The summed E-state index contributed by atoms with van der Waals surface area (Å²) in [7, 11) is 1.97. The van der Waals surface area contributed by atoms with E-state index in [9.17, 15) is 8.78 Å². The monoisotopic (exact) mass is 255 g/mol. The van der Waals surface area contributed by atoms with Crippen LogP contribution in [-0.4, -0.2) is 19.7 Å². The number of hydrogen-bond donors (Lipinski definition) is 1. The minimum absolute atomic E-state index is 0.00834. The van der Waals surface area contributed by atoms with Gasteiger partial charge in [0, 0.05) is 6.04 Å². The SMILES string of the molecule is CNC1CCCC1CCOc1cccc(F)c1F. The maximum Gasteiger partial charge on any atom is 0.200 e. The molecule has 1 N–H and O–H groups in total. The molecule has 0 aliphatic heterocycles. The van der Waals surface area contributed by atoms with E-state index < -0.39 is 11.6 Å². The van der Waals surface area contributed by atoms with Crippen LogP contribution in [0.1, 0.15) is 25.7 Å². The summed E-state index contributed by atoms with van der Waals surface area (Å²) in [5.41, 5.74) is 0. The van der Waals surface area contributed by atoms with Gasteiger partial charge in [-0.05, 0) is 44.4 Å². The molecule has 4 heteroatoms. The van der Waals surface area contributed by atoms with Crippen LogP contribution >= 0.6 is 0 Å². The lowest BCUT2D eigenvalue weighted by Gasteiger charge is -2.19. The molecule has 1 aromatic carbocycles. The Morgan fingerprint density at radius 3 is 2.94 bits per heavy atom. The number of nitrogens with one attached hydrogen (secondary N) is 1. The third kappa shape index (κ3) is 2.99. The van der Waals surface area contributed by atoms with E-state index in [0.29, 0.717) is 18.6 Å². The van der Waals surface area contributed by atoms with Crippen LogP contribution in [0.5, 0.6) is 5.75 Å². The zero-order valence-electron chi connectivity index (χ0n) is 10.6. The smallest absolute Gasteiger partial charge is 0.200 e. The van der Waals surface area contributed by atoms with Gasteiger partial charge in [-0.15, -0.1) is 0 Å². The average molecular weight is 255 g/mol. The Morgan fingerprint density at radius 1 is 1.33 bits per heavy atom. The fourth-order valence-corrected chi connectivity index (χ4v) is 2.68.